The van der Waals surface area contributed by atoms with Gasteiger partial charge in [-0.1, -0.05) is 6.92 Å². The topological polar surface area (TPSA) is 9.23 Å². The van der Waals surface area contributed by atoms with Gasteiger partial charge in [0.2, 0.25) is 0 Å². The van der Waals surface area contributed by atoms with E-state index >= 15 is 0 Å². The molecule has 0 amide bonds. The summed E-state index contributed by atoms with van der Waals surface area (Å²) < 4.78 is 5.70. The van der Waals surface area contributed by atoms with E-state index in [9.17, 15) is 0 Å². The Hall–Kier alpha value is -0.340. The Kier molecular flexibility index (Phi) is 3.94. The smallest absolute Gasteiger partial charge is 0.0892 e. The van der Waals surface area contributed by atoms with Gasteiger partial charge >= 0.3 is 0 Å². The molecule has 1 atom stereocenters. The fraction of sp³-hybridized carbons (Fsp3) is 0.636. The molecule has 1 unspecified atom stereocenters. The van der Waals surface area contributed by atoms with Gasteiger partial charge in [-0.2, -0.15) is 0 Å². The summed E-state index contributed by atoms with van der Waals surface area (Å²) in [6.07, 6.45) is 1.67. The summed E-state index contributed by atoms with van der Waals surface area (Å²) in [5.74, 6) is 0. The van der Waals surface area contributed by atoms with E-state index in [1.165, 1.54) is 9.75 Å². The van der Waals surface area contributed by atoms with Crippen LogP contribution in [0.2, 0.25) is 0 Å². The standard InChI is InChI=1S/C11H18OS/c1-5-10-6-7-11(13-10)9(4)12-8(2)3/h6-9H,5H2,1-4H3. The van der Waals surface area contributed by atoms with Crippen molar-refractivity contribution in [1.82, 2.24) is 0 Å². The molecule has 0 aliphatic rings. The number of hydrogen-bond acceptors (Lipinski definition) is 2. The van der Waals surface area contributed by atoms with Gasteiger partial charge in [-0.05, 0) is 39.3 Å². The van der Waals surface area contributed by atoms with Gasteiger partial charge in [0.05, 0.1) is 12.2 Å². The second-order valence-electron chi connectivity index (χ2n) is 3.48. The average Bonchev–Trinajstić information content (AvgIpc) is 2.50. The van der Waals surface area contributed by atoms with Crippen LogP contribution in [0.3, 0.4) is 0 Å². The zero-order valence-corrected chi connectivity index (χ0v) is 9.65. The second-order valence-corrected chi connectivity index (χ2v) is 4.68. The van der Waals surface area contributed by atoms with E-state index in [1.807, 2.05) is 11.3 Å². The lowest BCUT2D eigenvalue weighted by atomic mass is 10.3. The van der Waals surface area contributed by atoms with Crippen LogP contribution in [-0.4, -0.2) is 6.10 Å². The molecule has 2 heteroatoms. The lowest BCUT2D eigenvalue weighted by Crippen LogP contribution is -2.05. The molecule has 0 saturated heterocycles. The van der Waals surface area contributed by atoms with Crippen LogP contribution in [0.1, 0.15) is 43.6 Å². The highest BCUT2D eigenvalue weighted by Crippen LogP contribution is 2.26. The predicted octanol–water partition coefficient (Wildman–Crippen LogP) is 3.80. The van der Waals surface area contributed by atoms with Crippen LogP contribution in [0.15, 0.2) is 12.1 Å². The van der Waals surface area contributed by atoms with E-state index in [2.05, 4.69) is 39.8 Å². The summed E-state index contributed by atoms with van der Waals surface area (Å²) in [4.78, 5) is 2.78. The van der Waals surface area contributed by atoms with Crippen molar-refractivity contribution in [2.24, 2.45) is 0 Å². The summed E-state index contributed by atoms with van der Waals surface area (Å²) in [6, 6.07) is 4.37. The van der Waals surface area contributed by atoms with Crippen molar-refractivity contribution in [1.29, 1.82) is 0 Å². The fourth-order valence-corrected chi connectivity index (χ4v) is 2.22. The highest BCUT2D eigenvalue weighted by atomic mass is 32.1. The van der Waals surface area contributed by atoms with E-state index in [-0.39, 0.29) is 6.10 Å². The van der Waals surface area contributed by atoms with Gasteiger partial charge in [-0.15, -0.1) is 11.3 Å². The SMILES string of the molecule is CCc1ccc(C(C)OC(C)C)s1. The molecule has 74 valence electrons. The van der Waals surface area contributed by atoms with E-state index in [1.54, 1.807) is 0 Å². The molecule has 0 radical (unpaired) electrons. The minimum Gasteiger partial charge on any atom is -0.370 e. The van der Waals surface area contributed by atoms with Crippen molar-refractivity contribution in [3.05, 3.63) is 21.9 Å². The molecule has 1 rings (SSSR count). The molecule has 0 N–H and O–H groups in total. The Labute approximate surface area is 84.7 Å². The molecule has 1 aromatic rings. The van der Waals surface area contributed by atoms with Crippen LogP contribution < -0.4 is 0 Å². The molecule has 0 aliphatic heterocycles. The number of ether oxygens (including phenoxy) is 1. The minimum absolute atomic E-state index is 0.241. The van der Waals surface area contributed by atoms with Crippen molar-refractivity contribution >= 4 is 11.3 Å². The van der Waals surface area contributed by atoms with Crippen LogP contribution in [0.4, 0.5) is 0 Å². The third-order valence-electron chi connectivity index (χ3n) is 1.91. The first-order chi connectivity index (χ1) is 6.13. The zero-order chi connectivity index (χ0) is 9.84. The highest BCUT2D eigenvalue weighted by Gasteiger charge is 2.09. The summed E-state index contributed by atoms with van der Waals surface area (Å²) in [5.41, 5.74) is 0. The summed E-state index contributed by atoms with van der Waals surface area (Å²) in [7, 11) is 0. The van der Waals surface area contributed by atoms with E-state index in [0.29, 0.717) is 6.10 Å². The van der Waals surface area contributed by atoms with Crippen LogP contribution >= 0.6 is 11.3 Å². The molecule has 13 heavy (non-hydrogen) atoms. The summed E-state index contributed by atoms with van der Waals surface area (Å²) in [6.45, 7) is 8.45. The molecule has 0 aromatic carbocycles. The summed E-state index contributed by atoms with van der Waals surface area (Å²) in [5, 5.41) is 0. The Balaban J connectivity index is 2.60. The lowest BCUT2D eigenvalue weighted by Gasteiger charge is -2.14. The first kappa shape index (κ1) is 10.7. The average molecular weight is 198 g/mol. The van der Waals surface area contributed by atoms with E-state index in [0.717, 1.165) is 6.42 Å². The molecular formula is C11H18OS. The first-order valence-electron chi connectivity index (χ1n) is 4.87. The van der Waals surface area contributed by atoms with Crippen LogP contribution in [0.5, 0.6) is 0 Å². The Morgan fingerprint density at radius 1 is 1.31 bits per heavy atom. The second kappa shape index (κ2) is 4.77. The molecule has 0 fully saturated rings. The zero-order valence-electron chi connectivity index (χ0n) is 8.83. The van der Waals surface area contributed by atoms with E-state index in [4.69, 9.17) is 4.74 Å². The first-order valence-corrected chi connectivity index (χ1v) is 5.69. The van der Waals surface area contributed by atoms with Crippen molar-refractivity contribution in [2.75, 3.05) is 0 Å². The molecule has 0 saturated carbocycles. The predicted molar refractivity (Wildman–Crippen MR) is 58.3 cm³/mol. The van der Waals surface area contributed by atoms with Gasteiger partial charge in [0.1, 0.15) is 0 Å². The van der Waals surface area contributed by atoms with Gasteiger partial charge in [-0.25, -0.2) is 0 Å². The van der Waals surface area contributed by atoms with Gasteiger partial charge < -0.3 is 4.74 Å². The number of hydrogen-bond donors (Lipinski definition) is 0. The molecular weight excluding hydrogens is 180 g/mol. The van der Waals surface area contributed by atoms with Crippen LogP contribution in [0.25, 0.3) is 0 Å². The molecule has 0 aliphatic carbocycles. The van der Waals surface area contributed by atoms with E-state index < -0.39 is 0 Å². The third kappa shape index (κ3) is 3.12. The normalized spacial score (nSPS) is 13.6. The van der Waals surface area contributed by atoms with Crippen molar-refractivity contribution in [3.63, 3.8) is 0 Å². The molecule has 1 heterocycles. The molecule has 0 spiro atoms. The Morgan fingerprint density at radius 3 is 2.46 bits per heavy atom. The maximum Gasteiger partial charge on any atom is 0.0892 e. The van der Waals surface area contributed by atoms with Gasteiger partial charge in [0.15, 0.2) is 0 Å². The van der Waals surface area contributed by atoms with Crippen LogP contribution in [0, 0.1) is 0 Å². The lowest BCUT2D eigenvalue weighted by molar-refractivity contribution is 0.0199. The van der Waals surface area contributed by atoms with Crippen molar-refractivity contribution in [2.45, 2.75) is 46.3 Å². The summed E-state index contributed by atoms with van der Waals surface area (Å²) >= 11 is 1.86. The minimum atomic E-state index is 0.241. The molecule has 1 aromatic heterocycles. The van der Waals surface area contributed by atoms with Gasteiger partial charge in [0, 0.05) is 9.75 Å². The van der Waals surface area contributed by atoms with Gasteiger partial charge in [-0.3, -0.25) is 0 Å². The third-order valence-corrected chi connectivity index (χ3v) is 3.30. The fourth-order valence-electron chi connectivity index (χ4n) is 1.28. The number of thiophene rings is 1. The Bertz CT molecular complexity index is 252. The Morgan fingerprint density at radius 2 is 2.00 bits per heavy atom. The molecule has 0 bridgehead atoms. The number of aryl methyl sites for hydroxylation is 1. The monoisotopic (exact) mass is 198 g/mol. The van der Waals surface area contributed by atoms with Crippen LogP contribution in [-0.2, 0) is 11.2 Å². The maximum absolute atomic E-state index is 5.70. The number of rotatable bonds is 4. The maximum atomic E-state index is 5.70. The van der Waals surface area contributed by atoms with Gasteiger partial charge in [0.25, 0.3) is 0 Å². The molecule has 1 nitrogen and oxygen atoms in total. The quantitative estimate of drug-likeness (QED) is 0.715. The van der Waals surface area contributed by atoms with Crippen molar-refractivity contribution in [3.8, 4) is 0 Å². The van der Waals surface area contributed by atoms with Crippen molar-refractivity contribution < 1.29 is 4.74 Å². The highest BCUT2D eigenvalue weighted by molar-refractivity contribution is 7.12. The largest absolute Gasteiger partial charge is 0.370 e.